The normalized spacial score (nSPS) is 19.9. The van der Waals surface area contributed by atoms with Gasteiger partial charge in [0.15, 0.2) is 0 Å². The molecule has 1 aliphatic rings. The SMILES string of the molecule is O=C(O)N1CC(Cc2ccccc2)C1=O. The van der Waals surface area contributed by atoms with Gasteiger partial charge in [-0.3, -0.25) is 4.79 Å². The largest absolute Gasteiger partial charge is 0.465 e. The monoisotopic (exact) mass is 205 g/mol. The van der Waals surface area contributed by atoms with E-state index >= 15 is 0 Å². The molecule has 0 spiro atoms. The van der Waals surface area contributed by atoms with Crippen molar-refractivity contribution in [3.63, 3.8) is 0 Å². The summed E-state index contributed by atoms with van der Waals surface area (Å²) in [7, 11) is 0. The standard InChI is InChI=1S/C11H11NO3/c13-10-9(7-12(10)11(14)15)6-8-4-2-1-3-5-8/h1-5,9H,6-7H2,(H,14,15). The van der Waals surface area contributed by atoms with Gasteiger partial charge in [0.25, 0.3) is 0 Å². The van der Waals surface area contributed by atoms with Crippen LogP contribution >= 0.6 is 0 Å². The predicted octanol–water partition coefficient (Wildman–Crippen LogP) is 1.37. The first-order chi connectivity index (χ1) is 7.18. The highest BCUT2D eigenvalue weighted by Gasteiger charge is 2.40. The van der Waals surface area contributed by atoms with Crippen LogP contribution in [-0.4, -0.2) is 28.6 Å². The van der Waals surface area contributed by atoms with Gasteiger partial charge < -0.3 is 5.11 Å². The van der Waals surface area contributed by atoms with Crippen molar-refractivity contribution in [2.24, 2.45) is 5.92 Å². The Balaban J connectivity index is 1.95. The van der Waals surface area contributed by atoms with Crippen molar-refractivity contribution in [2.45, 2.75) is 6.42 Å². The van der Waals surface area contributed by atoms with Crippen LogP contribution in [0.4, 0.5) is 4.79 Å². The van der Waals surface area contributed by atoms with Crippen LogP contribution in [-0.2, 0) is 11.2 Å². The van der Waals surface area contributed by atoms with Gasteiger partial charge in [0.1, 0.15) is 0 Å². The van der Waals surface area contributed by atoms with Crippen molar-refractivity contribution in [2.75, 3.05) is 6.54 Å². The summed E-state index contributed by atoms with van der Waals surface area (Å²) in [5.74, 6) is -0.449. The molecule has 1 atom stereocenters. The minimum absolute atomic E-state index is 0.163. The molecule has 1 aromatic carbocycles. The number of hydrogen-bond acceptors (Lipinski definition) is 2. The second kappa shape index (κ2) is 3.73. The van der Waals surface area contributed by atoms with Gasteiger partial charge in [-0.25, -0.2) is 9.69 Å². The quantitative estimate of drug-likeness (QED) is 0.742. The van der Waals surface area contributed by atoms with Crippen molar-refractivity contribution in [3.05, 3.63) is 35.9 Å². The second-order valence-corrected chi connectivity index (χ2v) is 3.62. The van der Waals surface area contributed by atoms with Crippen LogP contribution in [0.1, 0.15) is 5.56 Å². The average Bonchev–Trinajstić information content (AvgIpc) is 2.24. The zero-order valence-corrected chi connectivity index (χ0v) is 8.09. The van der Waals surface area contributed by atoms with Gasteiger partial charge in [0, 0.05) is 6.54 Å². The van der Waals surface area contributed by atoms with Gasteiger partial charge in [-0.1, -0.05) is 30.3 Å². The zero-order chi connectivity index (χ0) is 10.8. The Bertz CT molecular complexity index is 388. The molecular formula is C11H11NO3. The van der Waals surface area contributed by atoms with Crippen LogP contribution in [0.2, 0.25) is 0 Å². The Morgan fingerprint density at radius 2 is 2.07 bits per heavy atom. The van der Waals surface area contributed by atoms with Crippen LogP contribution in [0.25, 0.3) is 0 Å². The molecule has 0 aromatic heterocycles. The lowest BCUT2D eigenvalue weighted by Gasteiger charge is -2.34. The first-order valence-electron chi connectivity index (χ1n) is 4.76. The molecule has 1 saturated heterocycles. The van der Waals surface area contributed by atoms with E-state index in [0.29, 0.717) is 13.0 Å². The van der Waals surface area contributed by atoms with Crippen molar-refractivity contribution in [1.29, 1.82) is 0 Å². The third-order valence-corrected chi connectivity index (χ3v) is 2.57. The molecule has 0 aliphatic carbocycles. The van der Waals surface area contributed by atoms with Crippen molar-refractivity contribution < 1.29 is 14.7 Å². The fourth-order valence-corrected chi connectivity index (χ4v) is 1.72. The number of rotatable bonds is 2. The maximum atomic E-state index is 11.4. The van der Waals surface area contributed by atoms with E-state index in [-0.39, 0.29) is 11.8 Å². The Hall–Kier alpha value is -1.84. The van der Waals surface area contributed by atoms with Crippen molar-refractivity contribution >= 4 is 12.0 Å². The van der Waals surface area contributed by atoms with Gasteiger partial charge in [-0.05, 0) is 12.0 Å². The highest BCUT2D eigenvalue weighted by molar-refractivity contribution is 5.97. The maximum absolute atomic E-state index is 11.4. The van der Waals surface area contributed by atoms with E-state index < -0.39 is 6.09 Å². The molecular weight excluding hydrogens is 194 g/mol. The summed E-state index contributed by atoms with van der Waals surface area (Å²) in [6, 6.07) is 9.62. The fraction of sp³-hybridized carbons (Fsp3) is 0.273. The van der Waals surface area contributed by atoms with Crippen LogP contribution in [0, 0.1) is 5.92 Å². The lowest BCUT2D eigenvalue weighted by atomic mass is 9.91. The highest BCUT2D eigenvalue weighted by Crippen LogP contribution is 2.21. The number of carboxylic acid groups (broad SMARTS) is 1. The minimum Gasteiger partial charge on any atom is -0.465 e. The predicted molar refractivity (Wildman–Crippen MR) is 53.4 cm³/mol. The summed E-state index contributed by atoms with van der Waals surface area (Å²) in [4.78, 5) is 22.7. The molecule has 1 heterocycles. The van der Waals surface area contributed by atoms with Crippen LogP contribution < -0.4 is 0 Å². The molecule has 4 heteroatoms. The lowest BCUT2D eigenvalue weighted by molar-refractivity contribution is -0.144. The average molecular weight is 205 g/mol. The Morgan fingerprint density at radius 1 is 1.40 bits per heavy atom. The molecule has 1 fully saturated rings. The molecule has 2 rings (SSSR count). The van der Waals surface area contributed by atoms with Gasteiger partial charge in [-0.15, -0.1) is 0 Å². The summed E-state index contributed by atoms with van der Waals surface area (Å²) >= 11 is 0. The summed E-state index contributed by atoms with van der Waals surface area (Å²) < 4.78 is 0. The van der Waals surface area contributed by atoms with Crippen LogP contribution in [0.5, 0.6) is 0 Å². The Morgan fingerprint density at radius 3 is 2.60 bits per heavy atom. The fourth-order valence-electron chi connectivity index (χ4n) is 1.72. The first kappa shape index (κ1) is 9.71. The molecule has 0 bridgehead atoms. The highest BCUT2D eigenvalue weighted by atomic mass is 16.4. The summed E-state index contributed by atoms with van der Waals surface area (Å²) in [6.45, 7) is 0.322. The van der Waals surface area contributed by atoms with Crippen LogP contribution in [0.3, 0.4) is 0 Å². The van der Waals surface area contributed by atoms with Gasteiger partial charge >= 0.3 is 6.09 Å². The zero-order valence-electron chi connectivity index (χ0n) is 8.09. The third kappa shape index (κ3) is 1.83. The van der Waals surface area contributed by atoms with Gasteiger partial charge in [-0.2, -0.15) is 0 Å². The summed E-state index contributed by atoms with van der Waals surface area (Å²) in [6.07, 6.45) is -0.520. The molecule has 0 saturated carbocycles. The first-order valence-corrected chi connectivity index (χ1v) is 4.76. The lowest BCUT2D eigenvalue weighted by Crippen LogP contribution is -2.55. The van der Waals surface area contributed by atoms with E-state index in [1.807, 2.05) is 30.3 Å². The Labute approximate surface area is 87.1 Å². The van der Waals surface area contributed by atoms with E-state index in [0.717, 1.165) is 10.5 Å². The number of imide groups is 1. The van der Waals surface area contributed by atoms with E-state index in [4.69, 9.17) is 5.11 Å². The number of hydrogen-bond donors (Lipinski definition) is 1. The number of carbonyl (C=O) groups is 2. The number of amides is 2. The smallest absolute Gasteiger partial charge is 0.414 e. The Kier molecular flexibility index (Phi) is 2.41. The molecule has 15 heavy (non-hydrogen) atoms. The summed E-state index contributed by atoms with van der Waals surface area (Å²) in [5.41, 5.74) is 1.07. The van der Waals surface area contributed by atoms with E-state index in [1.165, 1.54) is 0 Å². The molecule has 78 valence electrons. The molecule has 4 nitrogen and oxygen atoms in total. The molecule has 1 N–H and O–H groups in total. The molecule has 1 unspecified atom stereocenters. The maximum Gasteiger partial charge on any atom is 0.414 e. The van der Waals surface area contributed by atoms with E-state index in [2.05, 4.69) is 0 Å². The van der Waals surface area contributed by atoms with Crippen LogP contribution in [0.15, 0.2) is 30.3 Å². The molecule has 0 radical (unpaired) electrons. The molecule has 1 aliphatic heterocycles. The number of benzene rings is 1. The number of nitrogens with zero attached hydrogens (tertiary/aromatic N) is 1. The molecule has 2 amide bonds. The van der Waals surface area contributed by atoms with Crippen molar-refractivity contribution in [3.8, 4) is 0 Å². The third-order valence-electron chi connectivity index (χ3n) is 2.57. The minimum atomic E-state index is -1.15. The molecule has 1 aromatic rings. The van der Waals surface area contributed by atoms with Gasteiger partial charge in [0.2, 0.25) is 5.91 Å². The van der Waals surface area contributed by atoms with E-state index in [9.17, 15) is 9.59 Å². The summed E-state index contributed by atoms with van der Waals surface area (Å²) in [5, 5.41) is 8.59. The number of carbonyl (C=O) groups excluding carboxylic acids is 1. The number of likely N-dealkylation sites (tertiary alicyclic amines) is 1. The van der Waals surface area contributed by atoms with Gasteiger partial charge in [0.05, 0.1) is 5.92 Å². The van der Waals surface area contributed by atoms with Crippen molar-refractivity contribution in [1.82, 2.24) is 4.90 Å². The van der Waals surface area contributed by atoms with E-state index in [1.54, 1.807) is 0 Å². The topological polar surface area (TPSA) is 57.6 Å². The number of β-lactam (4-membered cyclic amide) rings is 1. The second-order valence-electron chi connectivity index (χ2n) is 3.62.